The third-order valence-electron chi connectivity index (χ3n) is 5.91. The van der Waals surface area contributed by atoms with Crippen molar-refractivity contribution in [2.45, 2.75) is 63.8 Å². The molecule has 0 spiro atoms. The van der Waals surface area contributed by atoms with E-state index in [0.717, 1.165) is 77.5 Å². The Labute approximate surface area is 151 Å². The van der Waals surface area contributed by atoms with E-state index in [1.165, 1.54) is 0 Å². The number of hydrogen-bond acceptors (Lipinski definition) is 3. The standard InChI is InChI=1S/C18H31N3O2.ClH/c19-16-5-3-4-15(13-16)18(23)21-10-6-14(7-11-21)12-17(22)20-8-1-2-9-20;/h14-16H,1-13,19H2;1H. The van der Waals surface area contributed by atoms with Crippen LogP contribution >= 0.6 is 12.4 Å². The molecule has 2 amide bonds. The van der Waals surface area contributed by atoms with Crippen LogP contribution in [-0.2, 0) is 9.59 Å². The van der Waals surface area contributed by atoms with E-state index in [0.29, 0.717) is 24.2 Å². The summed E-state index contributed by atoms with van der Waals surface area (Å²) in [5.41, 5.74) is 6.02. The second kappa shape index (κ2) is 9.04. The van der Waals surface area contributed by atoms with Gasteiger partial charge in [-0.05, 0) is 50.9 Å². The third-order valence-corrected chi connectivity index (χ3v) is 5.91. The molecule has 2 saturated heterocycles. The summed E-state index contributed by atoms with van der Waals surface area (Å²) in [6.45, 7) is 3.53. The molecule has 3 fully saturated rings. The minimum Gasteiger partial charge on any atom is -0.343 e. The Balaban J connectivity index is 0.00000208. The summed E-state index contributed by atoms with van der Waals surface area (Å²) in [6.07, 6.45) is 8.93. The summed E-state index contributed by atoms with van der Waals surface area (Å²) in [5, 5.41) is 0. The van der Waals surface area contributed by atoms with Crippen molar-refractivity contribution in [3.8, 4) is 0 Å². The first kappa shape index (κ1) is 19.5. The highest BCUT2D eigenvalue weighted by Gasteiger charge is 2.32. The van der Waals surface area contributed by atoms with Gasteiger partial charge in [-0.25, -0.2) is 0 Å². The van der Waals surface area contributed by atoms with Crippen molar-refractivity contribution >= 4 is 24.2 Å². The van der Waals surface area contributed by atoms with Crippen molar-refractivity contribution in [2.24, 2.45) is 17.6 Å². The summed E-state index contributed by atoms with van der Waals surface area (Å²) in [4.78, 5) is 28.9. The van der Waals surface area contributed by atoms with Gasteiger partial charge in [-0.1, -0.05) is 6.42 Å². The van der Waals surface area contributed by atoms with Crippen LogP contribution in [0.4, 0.5) is 0 Å². The van der Waals surface area contributed by atoms with Gasteiger partial charge in [0.1, 0.15) is 0 Å². The SMILES string of the molecule is Cl.NC1CCCC(C(=O)N2CCC(CC(=O)N3CCCC3)CC2)C1. The van der Waals surface area contributed by atoms with Crippen molar-refractivity contribution in [3.63, 3.8) is 0 Å². The molecule has 138 valence electrons. The van der Waals surface area contributed by atoms with Crippen LogP contribution in [0.5, 0.6) is 0 Å². The first-order valence-electron chi connectivity index (χ1n) is 9.45. The topological polar surface area (TPSA) is 66.6 Å². The lowest BCUT2D eigenvalue weighted by Crippen LogP contribution is -2.44. The lowest BCUT2D eigenvalue weighted by atomic mass is 9.84. The Morgan fingerprint density at radius 2 is 1.54 bits per heavy atom. The number of nitrogens with zero attached hydrogens (tertiary/aromatic N) is 2. The van der Waals surface area contributed by atoms with Gasteiger partial charge in [-0.15, -0.1) is 12.4 Å². The van der Waals surface area contributed by atoms with Gasteiger partial charge >= 0.3 is 0 Å². The molecule has 3 aliphatic rings. The molecular weight excluding hydrogens is 326 g/mol. The number of likely N-dealkylation sites (tertiary alicyclic amines) is 2. The summed E-state index contributed by atoms with van der Waals surface area (Å²) in [5.74, 6) is 1.23. The molecular formula is C18H32ClN3O2. The molecule has 0 radical (unpaired) electrons. The number of hydrogen-bond donors (Lipinski definition) is 1. The average molecular weight is 358 g/mol. The summed E-state index contributed by atoms with van der Waals surface area (Å²) in [6, 6.07) is 0.202. The highest BCUT2D eigenvalue weighted by Crippen LogP contribution is 2.28. The lowest BCUT2D eigenvalue weighted by Gasteiger charge is -2.36. The smallest absolute Gasteiger partial charge is 0.225 e. The van der Waals surface area contributed by atoms with Gasteiger partial charge in [0.15, 0.2) is 0 Å². The number of rotatable bonds is 3. The van der Waals surface area contributed by atoms with Gasteiger partial charge < -0.3 is 15.5 Å². The lowest BCUT2D eigenvalue weighted by molar-refractivity contribution is -0.138. The van der Waals surface area contributed by atoms with Crippen molar-refractivity contribution in [1.82, 2.24) is 9.80 Å². The van der Waals surface area contributed by atoms with Gasteiger partial charge in [-0.3, -0.25) is 9.59 Å². The van der Waals surface area contributed by atoms with E-state index in [4.69, 9.17) is 5.73 Å². The minimum absolute atomic E-state index is 0. The highest BCUT2D eigenvalue weighted by molar-refractivity contribution is 5.85. The quantitative estimate of drug-likeness (QED) is 0.841. The van der Waals surface area contributed by atoms with E-state index in [1.54, 1.807) is 0 Å². The molecule has 1 aliphatic carbocycles. The normalized spacial score (nSPS) is 28.5. The molecule has 24 heavy (non-hydrogen) atoms. The van der Waals surface area contributed by atoms with E-state index in [9.17, 15) is 9.59 Å². The molecule has 2 aliphatic heterocycles. The minimum atomic E-state index is 0. The Bertz CT molecular complexity index is 432. The summed E-state index contributed by atoms with van der Waals surface area (Å²) < 4.78 is 0. The predicted octanol–water partition coefficient (Wildman–Crippen LogP) is 2.18. The number of nitrogens with two attached hydrogens (primary N) is 1. The van der Waals surface area contributed by atoms with Gasteiger partial charge in [0, 0.05) is 44.6 Å². The van der Waals surface area contributed by atoms with Crippen molar-refractivity contribution in [1.29, 1.82) is 0 Å². The second-order valence-corrected chi connectivity index (χ2v) is 7.68. The molecule has 0 aromatic heterocycles. The van der Waals surface area contributed by atoms with E-state index >= 15 is 0 Å². The summed E-state index contributed by atoms with van der Waals surface area (Å²) >= 11 is 0. The van der Waals surface area contributed by atoms with E-state index in [-0.39, 0.29) is 24.4 Å². The average Bonchev–Trinajstić information content (AvgIpc) is 3.09. The van der Waals surface area contributed by atoms with Crippen LogP contribution in [0.1, 0.15) is 57.8 Å². The van der Waals surface area contributed by atoms with Crippen LogP contribution in [0.15, 0.2) is 0 Å². The maximum atomic E-state index is 12.6. The molecule has 0 aromatic carbocycles. The fourth-order valence-corrected chi connectivity index (χ4v) is 4.41. The molecule has 2 unspecified atom stereocenters. The Morgan fingerprint density at radius 1 is 0.875 bits per heavy atom. The molecule has 2 atom stereocenters. The zero-order chi connectivity index (χ0) is 16.2. The van der Waals surface area contributed by atoms with Crippen molar-refractivity contribution < 1.29 is 9.59 Å². The predicted molar refractivity (Wildman–Crippen MR) is 96.9 cm³/mol. The highest BCUT2D eigenvalue weighted by atomic mass is 35.5. The molecule has 2 heterocycles. The monoisotopic (exact) mass is 357 g/mol. The van der Waals surface area contributed by atoms with E-state index in [1.807, 2.05) is 9.80 Å². The first-order valence-corrected chi connectivity index (χ1v) is 9.45. The molecule has 5 nitrogen and oxygen atoms in total. The Morgan fingerprint density at radius 3 is 2.17 bits per heavy atom. The van der Waals surface area contributed by atoms with Crippen LogP contribution in [0.25, 0.3) is 0 Å². The van der Waals surface area contributed by atoms with Crippen LogP contribution in [-0.4, -0.2) is 53.8 Å². The Kier molecular flexibility index (Phi) is 7.35. The number of amides is 2. The van der Waals surface area contributed by atoms with Gasteiger partial charge in [-0.2, -0.15) is 0 Å². The zero-order valence-electron chi connectivity index (χ0n) is 14.6. The fraction of sp³-hybridized carbons (Fsp3) is 0.889. The molecule has 0 bridgehead atoms. The van der Waals surface area contributed by atoms with Crippen LogP contribution in [0.3, 0.4) is 0 Å². The largest absolute Gasteiger partial charge is 0.343 e. The van der Waals surface area contributed by atoms with E-state index in [2.05, 4.69) is 0 Å². The number of carbonyl (C=O) groups is 2. The van der Waals surface area contributed by atoms with E-state index < -0.39 is 0 Å². The molecule has 0 aromatic rings. The number of halogens is 1. The molecule has 2 N–H and O–H groups in total. The first-order chi connectivity index (χ1) is 11.1. The van der Waals surface area contributed by atoms with Crippen LogP contribution in [0.2, 0.25) is 0 Å². The molecule has 3 rings (SSSR count). The third kappa shape index (κ3) is 4.85. The maximum absolute atomic E-state index is 12.6. The number of piperidine rings is 1. The maximum Gasteiger partial charge on any atom is 0.225 e. The van der Waals surface area contributed by atoms with Crippen LogP contribution in [0, 0.1) is 11.8 Å². The van der Waals surface area contributed by atoms with Gasteiger partial charge in [0.2, 0.25) is 11.8 Å². The molecule has 6 heteroatoms. The number of carbonyl (C=O) groups excluding carboxylic acids is 2. The molecule has 1 saturated carbocycles. The van der Waals surface area contributed by atoms with Crippen molar-refractivity contribution in [2.75, 3.05) is 26.2 Å². The second-order valence-electron chi connectivity index (χ2n) is 7.68. The summed E-state index contributed by atoms with van der Waals surface area (Å²) in [7, 11) is 0. The van der Waals surface area contributed by atoms with Gasteiger partial charge in [0.05, 0.1) is 0 Å². The van der Waals surface area contributed by atoms with Crippen molar-refractivity contribution in [3.05, 3.63) is 0 Å². The van der Waals surface area contributed by atoms with Crippen LogP contribution < -0.4 is 5.73 Å². The zero-order valence-corrected chi connectivity index (χ0v) is 15.4. The fourth-order valence-electron chi connectivity index (χ4n) is 4.41. The Hall–Kier alpha value is -0.810. The van der Waals surface area contributed by atoms with Gasteiger partial charge in [0.25, 0.3) is 0 Å².